The molecule has 0 saturated heterocycles. The number of allylic oxidation sites excluding steroid dienone is 1. The molecule has 2 nitrogen and oxygen atoms in total. The number of rotatable bonds is 0. The van der Waals surface area contributed by atoms with Gasteiger partial charge < -0.3 is 10.2 Å². The number of nitrogens with zero attached hydrogens (tertiary/aromatic N) is 1. The fraction of sp³-hybridized carbons (Fsp3) is 0.250. The molecular weight excluding hydrogens is 124 g/mol. The molecule has 0 atom stereocenters. The number of fused-ring (bicyclic) bond motifs is 1. The highest BCUT2D eigenvalue weighted by Crippen LogP contribution is 2.18. The maximum atomic E-state index is 3.26. The van der Waals surface area contributed by atoms with Crippen LogP contribution in [0.4, 0.5) is 0 Å². The largest absolute Gasteiger partial charge is 0.380 e. The zero-order valence-corrected chi connectivity index (χ0v) is 5.96. The molecule has 0 spiro atoms. The Morgan fingerprint density at radius 1 is 1.60 bits per heavy atom. The Balaban J connectivity index is 2.34. The van der Waals surface area contributed by atoms with Crippen molar-refractivity contribution in [1.82, 2.24) is 10.2 Å². The van der Waals surface area contributed by atoms with E-state index >= 15 is 0 Å². The van der Waals surface area contributed by atoms with Gasteiger partial charge in [0.05, 0.1) is 5.70 Å². The van der Waals surface area contributed by atoms with Crippen LogP contribution >= 0.6 is 0 Å². The molecule has 0 radical (unpaired) electrons. The standard InChI is InChI=1S/C8H10N2/c1-10-5-3-7-2-4-9-8(7)6-10/h2-3,5-6,9H,4H2,1H3. The van der Waals surface area contributed by atoms with E-state index in [4.69, 9.17) is 0 Å². The van der Waals surface area contributed by atoms with Crippen molar-refractivity contribution in [2.45, 2.75) is 0 Å². The molecule has 0 aromatic rings. The van der Waals surface area contributed by atoms with Gasteiger partial charge in [-0.2, -0.15) is 0 Å². The molecule has 2 heterocycles. The molecule has 0 aliphatic carbocycles. The van der Waals surface area contributed by atoms with Crippen molar-refractivity contribution in [2.24, 2.45) is 0 Å². The van der Waals surface area contributed by atoms with Gasteiger partial charge in [-0.3, -0.25) is 0 Å². The highest BCUT2D eigenvalue weighted by Gasteiger charge is 2.10. The van der Waals surface area contributed by atoms with Gasteiger partial charge in [0.2, 0.25) is 0 Å². The molecule has 2 heteroatoms. The minimum atomic E-state index is 0.972. The fourth-order valence-corrected chi connectivity index (χ4v) is 1.21. The van der Waals surface area contributed by atoms with Crippen LogP contribution < -0.4 is 5.32 Å². The topological polar surface area (TPSA) is 15.3 Å². The summed E-state index contributed by atoms with van der Waals surface area (Å²) >= 11 is 0. The van der Waals surface area contributed by atoms with Crippen molar-refractivity contribution in [3.05, 3.63) is 35.8 Å². The first-order valence-electron chi connectivity index (χ1n) is 3.42. The summed E-state index contributed by atoms with van der Waals surface area (Å²) in [5.41, 5.74) is 2.56. The first kappa shape index (κ1) is 5.59. The van der Waals surface area contributed by atoms with Gasteiger partial charge in [-0.05, 0) is 11.6 Å². The maximum absolute atomic E-state index is 3.26. The molecule has 0 fully saturated rings. The molecule has 0 amide bonds. The van der Waals surface area contributed by atoms with Gasteiger partial charge in [0.1, 0.15) is 0 Å². The monoisotopic (exact) mass is 134 g/mol. The van der Waals surface area contributed by atoms with E-state index in [9.17, 15) is 0 Å². The second-order valence-corrected chi connectivity index (χ2v) is 2.56. The second kappa shape index (κ2) is 1.90. The second-order valence-electron chi connectivity index (χ2n) is 2.56. The average molecular weight is 134 g/mol. The fourth-order valence-electron chi connectivity index (χ4n) is 1.21. The number of nitrogens with one attached hydrogen (secondary N) is 1. The van der Waals surface area contributed by atoms with E-state index in [0.717, 1.165) is 6.54 Å². The lowest BCUT2D eigenvalue weighted by Crippen LogP contribution is -2.14. The van der Waals surface area contributed by atoms with Crippen LogP contribution in [0.2, 0.25) is 0 Å². The predicted molar refractivity (Wildman–Crippen MR) is 41.1 cm³/mol. The zero-order chi connectivity index (χ0) is 6.97. The van der Waals surface area contributed by atoms with Crippen LogP contribution in [0.3, 0.4) is 0 Å². The average Bonchev–Trinajstić information content (AvgIpc) is 2.33. The van der Waals surface area contributed by atoms with Crippen molar-refractivity contribution < 1.29 is 0 Å². The van der Waals surface area contributed by atoms with Crippen LogP contribution in [0.1, 0.15) is 0 Å². The van der Waals surface area contributed by atoms with Crippen LogP contribution in [0.15, 0.2) is 35.8 Å². The predicted octanol–water partition coefficient (Wildman–Crippen LogP) is 0.817. The van der Waals surface area contributed by atoms with Gasteiger partial charge in [0, 0.05) is 26.0 Å². The normalized spacial score (nSPS) is 21.5. The van der Waals surface area contributed by atoms with Gasteiger partial charge in [-0.25, -0.2) is 0 Å². The Morgan fingerprint density at radius 3 is 3.40 bits per heavy atom. The Kier molecular flexibility index (Phi) is 1.07. The first-order chi connectivity index (χ1) is 4.86. The summed E-state index contributed by atoms with van der Waals surface area (Å²) in [6, 6.07) is 0. The molecule has 0 saturated carbocycles. The van der Waals surface area contributed by atoms with Crippen LogP contribution in [0.5, 0.6) is 0 Å². The Bertz CT molecular complexity index is 236. The molecule has 2 aliphatic rings. The lowest BCUT2D eigenvalue weighted by Gasteiger charge is -2.15. The molecule has 1 N–H and O–H groups in total. The summed E-state index contributed by atoms with van der Waals surface area (Å²) in [4.78, 5) is 2.05. The summed E-state index contributed by atoms with van der Waals surface area (Å²) in [5, 5.41) is 3.26. The van der Waals surface area contributed by atoms with E-state index in [1.54, 1.807) is 0 Å². The van der Waals surface area contributed by atoms with E-state index in [1.807, 2.05) is 11.9 Å². The van der Waals surface area contributed by atoms with Gasteiger partial charge in [-0.1, -0.05) is 6.08 Å². The first-order valence-corrected chi connectivity index (χ1v) is 3.42. The Morgan fingerprint density at radius 2 is 2.50 bits per heavy atom. The molecular formula is C8H10N2. The van der Waals surface area contributed by atoms with Crippen LogP contribution in [0, 0.1) is 0 Å². The summed E-state index contributed by atoms with van der Waals surface area (Å²) < 4.78 is 0. The zero-order valence-electron chi connectivity index (χ0n) is 5.96. The number of hydrogen-bond donors (Lipinski definition) is 1. The maximum Gasteiger partial charge on any atom is 0.0579 e. The van der Waals surface area contributed by atoms with Gasteiger partial charge >= 0.3 is 0 Å². The highest BCUT2D eigenvalue weighted by atomic mass is 15.1. The quantitative estimate of drug-likeness (QED) is 0.527. The summed E-state index contributed by atoms with van der Waals surface area (Å²) in [7, 11) is 2.03. The van der Waals surface area contributed by atoms with E-state index in [2.05, 4.69) is 29.9 Å². The molecule has 0 unspecified atom stereocenters. The van der Waals surface area contributed by atoms with Crippen molar-refractivity contribution in [1.29, 1.82) is 0 Å². The minimum absolute atomic E-state index is 0.972. The smallest absolute Gasteiger partial charge is 0.0579 e. The molecule has 10 heavy (non-hydrogen) atoms. The Labute approximate surface area is 60.5 Å². The van der Waals surface area contributed by atoms with Crippen LogP contribution in [0.25, 0.3) is 0 Å². The minimum Gasteiger partial charge on any atom is -0.380 e. The van der Waals surface area contributed by atoms with Crippen LogP contribution in [-0.2, 0) is 0 Å². The third kappa shape index (κ3) is 0.727. The summed E-state index contributed by atoms with van der Waals surface area (Å²) in [6.45, 7) is 0.972. The molecule has 0 aromatic carbocycles. The van der Waals surface area contributed by atoms with Gasteiger partial charge in [-0.15, -0.1) is 0 Å². The summed E-state index contributed by atoms with van der Waals surface area (Å²) in [6.07, 6.45) is 8.46. The molecule has 52 valence electrons. The van der Waals surface area contributed by atoms with E-state index < -0.39 is 0 Å². The van der Waals surface area contributed by atoms with E-state index in [-0.39, 0.29) is 0 Å². The Hall–Kier alpha value is -1.18. The van der Waals surface area contributed by atoms with Crippen molar-refractivity contribution in [2.75, 3.05) is 13.6 Å². The molecule has 0 bridgehead atoms. The van der Waals surface area contributed by atoms with Crippen molar-refractivity contribution in [3.63, 3.8) is 0 Å². The number of hydrogen-bond acceptors (Lipinski definition) is 2. The van der Waals surface area contributed by atoms with Gasteiger partial charge in [0.15, 0.2) is 0 Å². The third-order valence-corrected chi connectivity index (χ3v) is 1.75. The van der Waals surface area contributed by atoms with Gasteiger partial charge in [0.25, 0.3) is 0 Å². The highest BCUT2D eigenvalue weighted by molar-refractivity contribution is 5.44. The molecule has 2 aliphatic heterocycles. The van der Waals surface area contributed by atoms with Crippen molar-refractivity contribution in [3.8, 4) is 0 Å². The van der Waals surface area contributed by atoms with E-state index in [1.165, 1.54) is 11.3 Å². The lowest BCUT2D eigenvalue weighted by atomic mass is 10.2. The van der Waals surface area contributed by atoms with E-state index in [0.29, 0.717) is 0 Å². The third-order valence-electron chi connectivity index (χ3n) is 1.75. The van der Waals surface area contributed by atoms with Crippen molar-refractivity contribution >= 4 is 0 Å². The lowest BCUT2D eigenvalue weighted by molar-refractivity contribution is 0.607. The summed E-state index contributed by atoms with van der Waals surface area (Å²) in [5.74, 6) is 0. The molecule has 2 rings (SSSR count). The SMILES string of the molecule is CN1C=CC2=CCNC2=C1. The van der Waals surface area contributed by atoms with Crippen LogP contribution in [-0.4, -0.2) is 18.5 Å². The molecule has 0 aromatic heterocycles.